The zero-order chi connectivity index (χ0) is 10.7. The van der Waals surface area contributed by atoms with Crippen LogP contribution in [0.15, 0.2) is 12.3 Å². The van der Waals surface area contributed by atoms with Gasteiger partial charge < -0.3 is 15.8 Å². The number of aromatic nitrogens is 1. The number of rotatable bonds is 2. The van der Waals surface area contributed by atoms with E-state index in [9.17, 15) is 0 Å². The topological polar surface area (TPSA) is 84.0 Å². The molecule has 2 rings (SSSR count). The largest absolute Gasteiger partial charge is 0.396 e. The Morgan fingerprint density at radius 3 is 3.13 bits per heavy atom. The van der Waals surface area contributed by atoms with Crippen LogP contribution in [0.2, 0.25) is 0 Å². The van der Waals surface area contributed by atoms with E-state index in [0.29, 0.717) is 23.7 Å². The van der Waals surface area contributed by atoms with E-state index in [0.717, 1.165) is 13.0 Å². The Labute approximate surface area is 87.9 Å². The molecule has 15 heavy (non-hydrogen) atoms. The summed E-state index contributed by atoms with van der Waals surface area (Å²) in [7, 11) is 0. The maximum atomic E-state index is 8.65. The monoisotopic (exact) mass is 204 g/mol. The molecule has 0 radical (unpaired) electrons. The van der Waals surface area contributed by atoms with E-state index >= 15 is 0 Å². The van der Waals surface area contributed by atoms with E-state index in [1.165, 1.54) is 6.20 Å². The molecule has 1 fully saturated rings. The molecule has 5 nitrogen and oxygen atoms in total. The lowest BCUT2D eigenvalue weighted by atomic mass is 10.2. The molecule has 0 bridgehead atoms. The van der Waals surface area contributed by atoms with Crippen LogP contribution < -0.4 is 11.1 Å². The normalized spacial score (nSPS) is 19.8. The molecule has 1 aromatic rings. The van der Waals surface area contributed by atoms with Crippen LogP contribution in [0.25, 0.3) is 0 Å². The Hall–Kier alpha value is -1.80. The molecule has 1 aliphatic rings. The molecule has 0 aliphatic carbocycles. The van der Waals surface area contributed by atoms with Gasteiger partial charge in [-0.1, -0.05) is 0 Å². The summed E-state index contributed by atoms with van der Waals surface area (Å²) >= 11 is 0. The summed E-state index contributed by atoms with van der Waals surface area (Å²) in [6.45, 7) is 1.45. The number of nitrogens with zero attached hydrogens (tertiary/aromatic N) is 2. The van der Waals surface area contributed by atoms with Gasteiger partial charge in [0.1, 0.15) is 11.9 Å². The van der Waals surface area contributed by atoms with Gasteiger partial charge in [0.25, 0.3) is 0 Å². The van der Waals surface area contributed by atoms with E-state index in [-0.39, 0.29) is 6.04 Å². The Kier molecular flexibility index (Phi) is 2.70. The van der Waals surface area contributed by atoms with Gasteiger partial charge in [0, 0.05) is 12.8 Å². The second-order valence-corrected chi connectivity index (χ2v) is 3.48. The predicted octanol–water partition coefficient (Wildman–Crippen LogP) is 0.736. The third kappa shape index (κ3) is 2.17. The molecule has 3 N–H and O–H groups in total. The molecule has 1 saturated heterocycles. The standard InChI is InChI=1S/C10H12N4O/c11-4-7-3-9(12)10(13-5-7)14-8-1-2-15-6-8/h3,5,8H,1-2,6,12H2,(H,13,14). The van der Waals surface area contributed by atoms with Gasteiger partial charge in [-0.15, -0.1) is 0 Å². The maximum Gasteiger partial charge on any atom is 0.149 e. The Morgan fingerprint density at radius 2 is 2.53 bits per heavy atom. The summed E-state index contributed by atoms with van der Waals surface area (Å²) in [6.07, 6.45) is 2.47. The van der Waals surface area contributed by atoms with Crippen molar-refractivity contribution in [3.8, 4) is 6.07 Å². The number of pyridine rings is 1. The number of hydrogen-bond acceptors (Lipinski definition) is 5. The minimum absolute atomic E-state index is 0.271. The van der Waals surface area contributed by atoms with Crippen LogP contribution in [0, 0.1) is 11.3 Å². The van der Waals surface area contributed by atoms with Crippen LogP contribution >= 0.6 is 0 Å². The van der Waals surface area contributed by atoms with Crippen LogP contribution in [-0.2, 0) is 4.74 Å². The fraction of sp³-hybridized carbons (Fsp3) is 0.400. The maximum absolute atomic E-state index is 8.65. The zero-order valence-electron chi connectivity index (χ0n) is 8.23. The van der Waals surface area contributed by atoms with Crippen LogP contribution in [0.4, 0.5) is 11.5 Å². The van der Waals surface area contributed by atoms with E-state index in [2.05, 4.69) is 10.3 Å². The molecule has 2 heterocycles. The minimum Gasteiger partial charge on any atom is -0.396 e. The average molecular weight is 204 g/mol. The molecule has 1 aromatic heterocycles. The highest BCUT2D eigenvalue weighted by Crippen LogP contribution is 2.19. The first-order valence-electron chi connectivity index (χ1n) is 4.79. The van der Waals surface area contributed by atoms with Gasteiger partial charge in [0.05, 0.1) is 23.9 Å². The lowest BCUT2D eigenvalue weighted by Gasteiger charge is -2.12. The van der Waals surface area contributed by atoms with Crippen LogP contribution in [-0.4, -0.2) is 24.2 Å². The predicted molar refractivity (Wildman–Crippen MR) is 56.2 cm³/mol. The van der Waals surface area contributed by atoms with Gasteiger partial charge in [-0.25, -0.2) is 4.98 Å². The zero-order valence-corrected chi connectivity index (χ0v) is 8.23. The number of ether oxygens (including phenoxy) is 1. The average Bonchev–Trinajstić information content (AvgIpc) is 2.74. The second kappa shape index (κ2) is 4.15. The molecule has 5 heteroatoms. The first-order valence-corrected chi connectivity index (χ1v) is 4.79. The van der Waals surface area contributed by atoms with Crippen LogP contribution in [0.3, 0.4) is 0 Å². The molecule has 1 atom stereocenters. The van der Waals surface area contributed by atoms with Gasteiger partial charge in [-0.2, -0.15) is 5.26 Å². The Bertz CT molecular complexity index is 393. The fourth-order valence-electron chi connectivity index (χ4n) is 1.51. The quantitative estimate of drug-likeness (QED) is 0.742. The third-order valence-corrected chi connectivity index (χ3v) is 2.32. The number of nitrogens with one attached hydrogen (secondary N) is 1. The van der Waals surface area contributed by atoms with Gasteiger partial charge in [0.2, 0.25) is 0 Å². The Morgan fingerprint density at radius 1 is 1.67 bits per heavy atom. The molecule has 0 aromatic carbocycles. The number of hydrogen-bond donors (Lipinski definition) is 2. The molecular weight excluding hydrogens is 192 g/mol. The van der Waals surface area contributed by atoms with Crippen molar-refractivity contribution in [2.75, 3.05) is 24.3 Å². The fourth-order valence-corrected chi connectivity index (χ4v) is 1.51. The first kappa shape index (κ1) is 9.74. The van der Waals surface area contributed by atoms with Crippen molar-refractivity contribution < 1.29 is 4.74 Å². The van der Waals surface area contributed by atoms with Gasteiger partial charge in [0.15, 0.2) is 0 Å². The highest BCUT2D eigenvalue weighted by molar-refractivity contribution is 5.63. The second-order valence-electron chi connectivity index (χ2n) is 3.48. The summed E-state index contributed by atoms with van der Waals surface area (Å²) in [5.41, 5.74) is 6.73. The van der Waals surface area contributed by atoms with Crippen LogP contribution in [0.1, 0.15) is 12.0 Å². The van der Waals surface area contributed by atoms with Crippen molar-refractivity contribution in [2.45, 2.75) is 12.5 Å². The van der Waals surface area contributed by atoms with Crippen molar-refractivity contribution in [3.05, 3.63) is 17.8 Å². The summed E-state index contributed by atoms with van der Waals surface area (Å²) in [5, 5.41) is 11.8. The summed E-state index contributed by atoms with van der Waals surface area (Å²) in [5.74, 6) is 0.629. The molecule has 0 spiro atoms. The summed E-state index contributed by atoms with van der Waals surface area (Å²) in [4.78, 5) is 4.10. The highest BCUT2D eigenvalue weighted by atomic mass is 16.5. The van der Waals surface area contributed by atoms with E-state index < -0.39 is 0 Å². The van der Waals surface area contributed by atoms with Crippen molar-refractivity contribution in [1.29, 1.82) is 5.26 Å². The lowest BCUT2D eigenvalue weighted by molar-refractivity contribution is 0.195. The minimum atomic E-state index is 0.271. The molecule has 0 saturated carbocycles. The van der Waals surface area contributed by atoms with E-state index in [1.54, 1.807) is 6.07 Å². The first-order chi connectivity index (χ1) is 7.29. The third-order valence-electron chi connectivity index (χ3n) is 2.32. The number of nitriles is 1. The molecule has 1 unspecified atom stereocenters. The van der Waals surface area contributed by atoms with Gasteiger partial charge in [-0.3, -0.25) is 0 Å². The van der Waals surface area contributed by atoms with Gasteiger partial charge in [-0.05, 0) is 12.5 Å². The number of nitrogen functional groups attached to an aromatic ring is 1. The molecule has 1 aliphatic heterocycles. The SMILES string of the molecule is N#Cc1cnc(NC2CCOC2)c(N)c1. The summed E-state index contributed by atoms with van der Waals surface area (Å²) < 4.78 is 5.23. The van der Waals surface area contributed by atoms with E-state index in [1.807, 2.05) is 6.07 Å². The van der Waals surface area contributed by atoms with Crippen LogP contribution in [0.5, 0.6) is 0 Å². The smallest absolute Gasteiger partial charge is 0.149 e. The van der Waals surface area contributed by atoms with Crippen molar-refractivity contribution in [3.63, 3.8) is 0 Å². The Balaban J connectivity index is 2.11. The molecular formula is C10H12N4O. The highest BCUT2D eigenvalue weighted by Gasteiger charge is 2.16. The lowest BCUT2D eigenvalue weighted by Crippen LogP contribution is -2.20. The van der Waals surface area contributed by atoms with E-state index in [4.69, 9.17) is 15.7 Å². The molecule has 78 valence electrons. The summed E-state index contributed by atoms with van der Waals surface area (Å²) in [6, 6.07) is 3.88. The molecule has 0 amide bonds. The van der Waals surface area contributed by atoms with Crippen molar-refractivity contribution in [2.24, 2.45) is 0 Å². The van der Waals surface area contributed by atoms with Crippen molar-refractivity contribution >= 4 is 11.5 Å². The van der Waals surface area contributed by atoms with Crippen molar-refractivity contribution in [1.82, 2.24) is 4.98 Å². The number of nitrogens with two attached hydrogens (primary N) is 1. The van der Waals surface area contributed by atoms with Gasteiger partial charge >= 0.3 is 0 Å². The number of anilines is 2.